The van der Waals surface area contributed by atoms with Gasteiger partial charge in [-0.3, -0.25) is 0 Å². The third kappa shape index (κ3) is 5.88. The van der Waals surface area contributed by atoms with Crippen LogP contribution in [0, 0.1) is 0 Å². The molecular formula is C22H28F3N5O. The molecule has 168 valence electrons. The number of aromatic nitrogens is 1. The Labute approximate surface area is 180 Å². The molecule has 2 aromatic rings. The number of hydrogen-bond donors (Lipinski definition) is 1. The molecule has 0 bridgehead atoms. The number of alkyl halides is 3. The lowest BCUT2D eigenvalue weighted by Crippen LogP contribution is -2.48. The Bertz CT molecular complexity index is 901. The van der Waals surface area contributed by atoms with Crippen molar-refractivity contribution in [1.29, 1.82) is 0 Å². The molecule has 9 heteroatoms. The smallest absolute Gasteiger partial charge is 0.370 e. The van der Waals surface area contributed by atoms with E-state index in [1.165, 1.54) is 6.07 Å². The van der Waals surface area contributed by atoms with E-state index in [2.05, 4.69) is 10.3 Å². The average Bonchev–Trinajstić information content (AvgIpc) is 2.76. The predicted octanol–water partition coefficient (Wildman–Crippen LogP) is 3.71. The van der Waals surface area contributed by atoms with Crippen molar-refractivity contribution in [2.45, 2.75) is 25.7 Å². The first-order valence-electron chi connectivity index (χ1n) is 10.2. The number of benzene rings is 1. The quantitative estimate of drug-likeness (QED) is 0.573. The second-order valence-corrected chi connectivity index (χ2v) is 7.48. The van der Waals surface area contributed by atoms with Crippen LogP contribution in [0.25, 0.3) is 0 Å². The first-order valence-corrected chi connectivity index (χ1v) is 10.2. The Morgan fingerprint density at radius 2 is 2.10 bits per heavy atom. The molecule has 6 nitrogen and oxygen atoms in total. The number of guanidine groups is 1. The van der Waals surface area contributed by atoms with Crippen molar-refractivity contribution in [3.05, 3.63) is 59.3 Å². The highest BCUT2D eigenvalue weighted by molar-refractivity contribution is 5.80. The van der Waals surface area contributed by atoms with Crippen molar-refractivity contribution in [1.82, 2.24) is 15.2 Å². The number of rotatable bonds is 5. The van der Waals surface area contributed by atoms with E-state index in [0.29, 0.717) is 44.3 Å². The monoisotopic (exact) mass is 435 g/mol. The lowest BCUT2D eigenvalue weighted by atomic mass is 10.0. The molecule has 0 amide bonds. The van der Waals surface area contributed by atoms with E-state index in [9.17, 15) is 13.2 Å². The van der Waals surface area contributed by atoms with Crippen LogP contribution in [0.1, 0.15) is 29.7 Å². The van der Waals surface area contributed by atoms with Gasteiger partial charge in [0.25, 0.3) is 0 Å². The van der Waals surface area contributed by atoms with Gasteiger partial charge in [-0.1, -0.05) is 18.2 Å². The highest BCUT2D eigenvalue weighted by Gasteiger charge is 2.32. The van der Waals surface area contributed by atoms with E-state index in [1.807, 2.05) is 43.0 Å². The molecule has 1 aromatic carbocycles. The maximum Gasteiger partial charge on any atom is 0.416 e. The fourth-order valence-corrected chi connectivity index (χ4v) is 3.50. The van der Waals surface area contributed by atoms with Gasteiger partial charge in [0.1, 0.15) is 11.9 Å². The molecule has 2 heterocycles. The minimum atomic E-state index is -4.38. The van der Waals surface area contributed by atoms with E-state index in [4.69, 9.17) is 9.73 Å². The van der Waals surface area contributed by atoms with Gasteiger partial charge in [0.2, 0.25) is 0 Å². The van der Waals surface area contributed by atoms with Gasteiger partial charge < -0.3 is 19.9 Å². The zero-order valence-corrected chi connectivity index (χ0v) is 18.0. The maximum absolute atomic E-state index is 13.1. The lowest BCUT2D eigenvalue weighted by Gasteiger charge is -2.35. The summed E-state index contributed by atoms with van der Waals surface area (Å²) in [5.41, 5.74) is 0.835. The van der Waals surface area contributed by atoms with Crippen LogP contribution in [-0.2, 0) is 17.5 Å². The van der Waals surface area contributed by atoms with Crippen molar-refractivity contribution in [2.75, 3.05) is 45.2 Å². The van der Waals surface area contributed by atoms with Gasteiger partial charge in [-0.2, -0.15) is 13.2 Å². The van der Waals surface area contributed by atoms with Gasteiger partial charge in [-0.25, -0.2) is 9.98 Å². The first kappa shape index (κ1) is 22.9. The third-order valence-corrected chi connectivity index (χ3v) is 4.98. The number of hydrogen-bond acceptors (Lipinski definition) is 4. The predicted molar refractivity (Wildman–Crippen MR) is 115 cm³/mol. The van der Waals surface area contributed by atoms with Crippen LogP contribution in [0.5, 0.6) is 0 Å². The Kier molecular flexibility index (Phi) is 7.37. The molecule has 0 aliphatic carbocycles. The standard InChI is InChI=1S/C22H28F3N5O/c1-4-26-21(28-14-17-8-6-10-27-20(17)29(2)3)30-11-12-31-19(15-30)16-7-5-9-18(13-16)22(23,24)25/h5-10,13,19H,4,11-12,14-15H2,1-3H3,(H,26,28). The van der Waals surface area contributed by atoms with E-state index in [1.54, 1.807) is 12.3 Å². The Morgan fingerprint density at radius 3 is 2.81 bits per heavy atom. The molecule has 0 saturated carbocycles. The van der Waals surface area contributed by atoms with E-state index < -0.39 is 17.8 Å². The van der Waals surface area contributed by atoms with Crippen molar-refractivity contribution in [3.8, 4) is 0 Å². The molecule has 1 unspecified atom stereocenters. The number of morpholine rings is 1. The van der Waals surface area contributed by atoms with Gasteiger partial charge in [0.05, 0.1) is 25.3 Å². The highest BCUT2D eigenvalue weighted by Crippen LogP contribution is 2.32. The van der Waals surface area contributed by atoms with E-state index >= 15 is 0 Å². The van der Waals surface area contributed by atoms with Crippen LogP contribution in [0.2, 0.25) is 0 Å². The number of anilines is 1. The van der Waals surface area contributed by atoms with Crippen molar-refractivity contribution in [3.63, 3.8) is 0 Å². The van der Waals surface area contributed by atoms with E-state index in [-0.39, 0.29) is 0 Å². The maximum atomic E-state index is 13.1. The van der Waals surface area contributed by atoms with Crippen molar-refractivity contribution < 1.29 is 17.9 Å². The first-order chi connectivity index (χ1) is 14.8. The lowest BCUT2D eigenvalue weighted by molar-refractivity contribution is -0.137. The summed E-state index contributed by atoms with van der Waals surface area (Å²) in [6, 6.07) is 9.20. The molecule has 3 rings (SSSR count). The minimum Gasteiger partial charge on any atom is -0.370 e. The molecule has 1 aromatic heterocycles. The molecule has 1 fully saturated rings. The number of aliphatic imine (C=N–C) groups is 1. The fourth-order valence-electron chi connectivity index (χ4n) is 3.50. The largest absolute Gasteiger partial charge is 0.416 e. The minimum absolute atomic E-state index is 0.404. The zero-order valence-electron chi connectivity index (χ0n) is 18.0. The second kappa shape index (κ2) is 10.00. The topological polar surface area (TPSA) is 53.0 Å². The van der Waals surface area contributed by atoms with Gasteiger partial charge >= 0.3 is 6.18 Å². The molecule has 0 spiro atoms. The molecule has 1 aliphatic heterocycles. The normalized spacial score (nSPS) is 17.5. The SMILES string of the molecule is CCNC(=NCc1cccnc1N(C)C)N1CCOC(c2cccc(C(F)(F)F)c2)C1. The molecule has 1 N–H and O–H groups in total. The second-order valence-electron chi connectivity index (χ2n) is 7.48. The van der Waals surface area contributed by atoms with Crippen LogP contribution in [0.4, 0.5) is 19.0 Å². The summed E-state index contributed by atoms with van der Waals surface area (Å²) in [7, 11) is 3.87. The number of pyridine rings is 1. The number of halogens is 3. The molecule has 1 aliphatic rings. The van der Waals surface area contributed by atoms with Crippen LogP contribution in [0.15, 0.2) is 47.6 Å². The van der Waals surface area contributed by atoms with Gasteiger partial charge in [0, 0.05) is 38.9 Å². The summed E-state index contributed by atoms with van der Waals surface area (Å²) in [6.45, 7) is 4.53. The number of ether oxygens (including phenoxy) is 1. The third-order valence-electron chi connectivity index (χ3n) is 4.98. The number of nitrogens with zero attached hydrogens (tertiary/aromatic N) is 4. The number of nitrogens with one attached hydrogen (secondary N) is 1. The zero-order chi connectivity index (χ0) is 22.4. The summed E-state index contributed by atoms with van der Waals surface area (Å²) in [6.07, 6.45) is -3.10. The summed E-state index contributed by atoms with van der Waals surface area (Å²) < 4.78 is 45.1. The van der Waals surface area contributed by atoms with Gasteiger partial charge in [-0.05, 0) is 30.7 Å². The fraction of sp³-hybridized carbons (Fsp3) is 0.455. The summed E-state index contributed by atoms with van der Waals surface area (Å²) in [5, 5.41) is 3.29. The Morgan fingerprint density at radius 1 is 1.29 bits per heavy atom. The molecule has 1 saturated heterocycles. The van der Waals surface area contributed by atoms with Crippen LogP contribution in [-0.4, -0.2) is 56.2 Å². The molecule has 1 atom stereocenters. The summed E-state index contributed by atoms with van der Waals surface area (Å²) in [4.78, 5) is 13.1. The van der Waals surface area contributed by atoms with Crippen molar-refractivity contribution in [2.24, 2.45) is 4.99 Å². The Hall–Kier alpha value is -2.81. The molecular weight excluding hydrogens is 407 g/mol. The Balaban J connectivity index is 1.79. The van der Waals surface area contributed by atoms with Gasteiger partial charge in [0.15, 0.2) is 5.96 Å². The highest BCUT2D eigenvalue weighted by atomic mass is 19.4. The van der Waals surface area contributed by atoms with Crippen LogP contribution in [0.3, 0.4) is 0 Å². The molecule has 0 radical (unpaired) electrons. The average molecular weight is 435 g/mol. The van der Waals surface area contributed by atoms with Crippen LogP contribution >= 0.6 is 0 Å². The van der Waals surface area contributed by atoms with Crippen LogP contribution < -0.4 is 10.2 Å². The summed E-state index contributed by atoms with van der Waals surface area (Å²) in [5.74, 6) is 1.56. The van der Waals surface area contributed by atoms with E-state index in [0.717, 1.165) is 23.5 Å². The van der Waals surface area contributed by atoms with Crippen molar-refractivity contribution >= 4 is 11.8 Å². The van der Waals surface area contributed by atoms with Gasteiger partial charge in [-0.15, -0.1) is 0 Å². The summed E-state index contributed by atoms with van der Waals surface area (Å²) >= 11 is 0. The molecule has 31 heavy (non-hydrogen) atoms.